The summed E-state index contributed by atoms with van der Waals surface area (Å²) in [5.74, 6) is -1.18. The summed E-state index contributed by atoms with van der Waals surface area (Å²) in [7, 11) is 0. The molecular weight excluding hydrogens is 387 g/mol. The van der Waals surface area contributed by atoms with Crippen molar-refractivity contribution >= 4 is 40.5 Å². The third-order valence-corrected chi connectivity index (χ3v) is 5.46. The molecule has 5 nitrogen and oxygen atoms in total. The number of fused-ring (bicyclic) bond motifs is 2. The molecule has 2 N–H and O–H groups in total. The zero-order chi connectivity index (χ0) is 19.7. The summed E-state index contributed by atoms with van der Waals surface area (Å²) in [6, 6.07) is 5.98. The summed E-state index contributed by atoms with van der Waals surface area (Å²) in [5, 5.41) is 13.8. The summed E-state index contributed by atoms with van der Waals surface area (Å²) in [6.45, 7) is 7.38. The molecule has 27 heavy (non-hydrogen) atoms. The molecular formula is C20H20Cl2N2O3. The molecule has 0 bridgehead atoms. The molecule has 142 valence electrons. The van der Waals surface area contributed by atoms with E-state index < -0.39 is 11.6 Å². The van der Waals surface area contributed by atoms with Gasteiger partial charge in [-0.2, -0.15) is 0 Å². The van der Waals surface area contributed by atoms with Crippen molar-refractivity contribution in [3.05, 3.63) is 56.6 Å². The first kappa shape index (κ1) is 19.7. The van der Waals surface area contributed by atoms with E-state index in [0.717, 1.165) is 19.6 Å². The van der Waals surface area contributed by atoms with Crippen molar-refractivity contribution < 1.29 is 14.7 Å². The van der Waals surface area contributed by atoms with Crippen LogP contribution in [0.4, 0.5) is 5.69 Å². The van der Waals surface area contributed by atoms with E-state index in [-0.39, 0.29) is 38.0 Å². The molecule has 1 aliphatic carbocycles. The highest BCUT2D eigenvalue weighted by atomic mass is 35.5. The Morgan fingerprint density at radius 1 is 0.889 bits per heavy atom. The Morgan fingerprint density at radius 3 is 2.00 bits per heavy atom. The second kappa shape index (κ2) is 7.89. The van der Waals surface area contributed by atoms with Crippen molar-refractivity contribution in [2.45, 2.75) is 13.8 Å². The molecule has 0 heterocycles. The van der Waals surface area contributed by atoms with Crippen LogP contribution in [0.5, 0.6) is 5.75 Å². The molecule has 0 spiro atoms. The van der Waals surface area contributed by atoms with Crippen LogP contribution in [0.1, 0.15) is 45.7 Å². The van der Waals surface area contributed by atoms with E-state index in [9.17, 15) is 14.7 Å². The van der Waals surface area contributed by atoms with Gasteiger partial charge in [0, 0.05) is 18.8 Å². The second-order valence-corrected chi connectivity index (χ2v) is 7.09. The van der Waals surface area contributed by atoms with Crippen LogP contribution in [0, 0.1) is 0 Å². The number of halogens is 2. The van der Waals surface area contributed by atoms with E-state index in [1.165, 1.54) is 18.2 Å². The molecule has 3 rings (SSSR count). The number of carbonyl (C=O) groups is 2. The first-order chi connectivity index (χ1) is 12.9. The summed E-state index contributed by atoms with van der Waals surface area (Å²) in [4.78, 5) is 28.4. The highest BCUT2D eigenvalue weighted by molar-refractivity contribution is 6.44. The third kappa shape index (κ3) is 3.43. The molecule has 0 unspecified atom stereocenters. The number of rotatable bonds is 6. The number of phenols is 1. The second-order valence-electron chi connectivity index (χ2n) is 6.27. The molecule has 0 radical (unpaired) electrons. The molecule has 2 aromatic rings. The fourth-order valence-electron chi connectivity index (χ4n) is 3.34. The van der Waals surface area contributed by atoms with Crippen molar-refractivity contribution in [3.63, 3.8) is 0 Å². The average Bonchev–Trinajstić information content (AvgIpc) is 2.65. The van der Waals surface area contributed by atoms with Crippen LogP contribution < -0.4 is 5.32 Å². The van der Waals surface area contributed by atoms with Crippen molar-refractivity contribution in [1.29, 1.82) is 0 Å². The lowest BCUT2D eigenvalue weighted by Crippen LogP contribution is -2.29. The number of nitrogens with one attached hydrogen (secondary N) is 1. The van der Waals surface area contributed by atoms with Gasteiger partial charge in [0.2, 0.25) is 0 Å². The van der Waals surface area contributed by atoms with Crippen molar-refractivity contribution in [3.8, 4) is 5.75 Å². The lowest BCUT2D eigenvalue weighted by molar-refractivity contribution is 0.0977. The number of hydrogen-bond acceptors (Lipinski definition) is 5. The minimum absolute atomic E-state index is 0.0375. The van der Waals surface area contributed by atoms with Gasteiger partial charge in [-0.1, -0.05) is 37.0 Å². The van der Waals surface area contributed by atoms with E-state index in [0.29, 0.717) is 12.2 Å². The van der Waals surface area contributed by atoms with Gasteiger partial charge in [0.1, 0.15) is 5.75 Å². The zero-order valence-electron chi connectivity index (χ0n) is 15.1. The number of ketones is 2. The fourth-order valence-corrected chi connectivity index (χ4v) is 3.83. The van der Waals surface area contributed by atoms with Crippen LogP contribution in [0.15, 0.2) is 24.3 Å². The summed E-state index contributed by atoms with van der Waals surface area (Å²) in [6.07, 6.45) is 0. The predicted molar refractivity (Wildman–Crippen MR) is 108 cm³/mol. The smallest absolute Gasteiger partial charge is 0.199 e. The van der Waals surface area contributed by atoms with Crippen LogP contribution in [-0.4, -0.2) is 47.8 Å². The first-order valence-electron chi connectivity index (χ1n) is 8.80. The lowest BCUT2D eigenvalue weighted by Gasteiger charge is -2.24. The van der Waals surface area contributed by atoms with E-state index in [1.807, 2.05) is 0 Å². The van der Waals surface area contributed by atoms with E-state index in [2.05, 4.69) is 24.1 Å². The Morgan fingerprint density at radius 2 is 1.44 bits per heavy atom. The number of hydrogen-bond donors (Lipinski definition) is 2. The van der Waals surface area contributed by atoms with Gasteiger partial charge in [-0.25, -0.2) is 0 Å². The van der Waals surface area contributed by atoms with Crippen molar-refractivity contribution in [2.24, 2.45) is 0 Å². The molecule has 0 fully saturated rings. The van der Waals surface area contributed by atoms with Crippen LogP contribution in [0.3, 0.4) is 0 Å². The Hall–Kier alpha value is -2.08. The molecule has 0 aliphatic heterocycles. The zero-order valence-corrected chi connectivity index (χ0v) is 16.6. The van der Waals surface area contributed by atoms with Crippen LogP contribution in [0.2, 0.25) is 10.0 Å². The normalized spacial score (nSPS) is 12.9. The number of carbonyl (C=O) groups excluding carboxylic acids is 2. The third-order valence-electron chi connectivity index (χ3n) is 4.83. The topological polar surface area (TPSA) is 69.6 Å². The fraction of sp³-hybridized carbons (Fsp3) is 0.300. The Labute approximate surface area is 167 Å². The Balaban J connectivity index is 2.04. The largest absolute Gasteiger partial charge is 0.507 e. The highest BCUT2D eigenvalue weighted by Crippen LogP contribution is 2.41. The van der Waals surface area contributed by atoms with Gasteiger partial charge < -0.3 is 15.3 Å². The number of nitrogens with zero attached hydrogens (tertiary/aromatic N) is 1. The predicted octanol–water partition coefficient (Wildman–Crippen LogP) is 4.23. The number of benzene rings is 2. The van der Waals surface area contributed by atoms with E-state index in [1.54, 1.807) is 6.07 Å². The summed E-state index contributed by atoms with van der Waals surface area (Å²) >= 11 is 12.3. The number of anilines is 1. The standard InChI is InChI=1S/C20H20Cl2N2O3/c1-3-24(4-2)10-9-23-13-7-8-14(25)18-17(13)19(26)15-11(21)5-6-12(22)16(15)20(18)27/h5-8,23,25H,3-4,9-10H2,1-2H3. The minimum atomic E-state index is -0.503. The van der Waals surface area contributed by atoms with Gasteiger partial charge in [0.25, 0.3) is 0 Å². The van der Waals surface area contributed by atoms with Crippen LogP contribution in [0.25, 0.3) is 0 Å². The van der Waals surface area contributed by atoms with Gasteiger partial charge in [-0.15, -0.1) is 0 Å². The van der Waals surface area contributed by atoms with Gasteiger partial charge >= 0.3 is 0 Å². The minimum Gasteiger partial charge on any atom is -0.507 e. The molecule has 0 amide bonds. The maximum Gasteiger partial charge on any atom is 0.199 e. The number of aromatic hydroxyl groups is 1. The quantitative estimate of drug-likeness (QED) is 0.599. The molecule has 0 saturated carbocycles. The van der Waals surface area contributed by atoms with Crippen LogP contribution >= 0.6 is 23.2 Å². The number of likely N-dealkylation sites (N-methyl/N-ethyl adjacent to an activating group) is 1. The molecule has 0 saturated heterocycles. The molecule has 7 heteroatoms. The molecule has 2 aromatic carbocycles. The molecule has 1 aliphatic rings. The maximum absolute atomic E-state index is 13.2. The number of phenolic OH excluding ortho intramolecular Hbond substituents is 1. The Bertz CT molecular complexity index is 924. The highest BCUT2D eigenvalue weighted by Gasteiger charge is 2.37. The summed E-state index contributed by atoms with van der Waals surface area (Å²) < 4.78 is 0. The van der Waals surface area contributed by atoms with E-state index >= 15 is 0 Å². The van der Waals surface area contributed by atoms with Crippen LogP contribution in [-0.2, 0) is 0 Å². The van der Waals surface area contributed by atoms with Gasteiger partial charge in [-0.3, -0.25) is 9.59 Å². The maximum atomic E-state index is 13.2. The average molecular weight is 407 g/mol. The van der Waals surface area contributed by atoms with Gasteiger partial charge in [0.05, 0.1) is 32.3 Å². The summed E-state index contributed by atoms with van der Waals surface area (Å²) in [5.41, 5.74) is 0.715. The lowest BCUT2D eigenvalue weighted by atomic mass is 9.82. The Kier molecular flexibility index (Phi) is 5.75. The molecule has 0 aromatic heterocycles. The SMILES string of the molecule is CCN(CC)CCNc1ccc(O)c2c1C(=O)c1c(Cl)ccc(Cl)c1C2=O. The monoisotopic (exact) mass is 406 g/mol. The van der Waals surface area contributed by atoms with Gasteiger partial charge in [0.15, 0.2) is 11.6 Å². The van der Waals surface area contributed by atoms with Crippen molar-refractivity contribution in [1.82, 2.24) is 4.90 Å². The van der Waals surface area contributed by atoms with Crippen molar-refractivity contribution in [2.75, 3.05) is 31.5 Å². The van der Waals surface area contributed by atoms with Gasteiger partial charge in [-0.05, 0) is 37.4 Å². The van der Waals surface area contributed by atoms with E-state index in [4.69, 9.17) is 23.2 Å². The molecule has 0 atom stereocenters. The first-order valence-corrected chi connectivity index (χ1v) is 9.55.